The average molecular weight is 196 g/mol. The maximum absolute atomic E-state index is 9.27. The second-order valence-electron chi connectivity index (χ2n) is 3.29. The van der Waals surface area contributed by atoms with Crippen LogP contribution in [0.3, 0.4) is 0 Å². The Morgan fingerprint density at radius 2 is 2.00 bits per heavy atom. The molecule has 1 atom stereocenters. The molecule has 0 saturated carbocycles. The van der Waals surface area contributed by atoms with Crippen LogP contribution in [-0.2, 0) is 11.2 Å². The zero-order chi connectivity index (χ0) is 10.6. The van der Waals surface area contributed by atoms with Crippen molar-refractivity contribution in [2.75, 3.05) is 7.11 Å². The Morgan fingerprint density at radius 3 is 2.50 bits per heavy atom. The van der Waals surface area contributed by atoms with Crippen LogP contribution in [0.1, 0.15) is 18.9 Å². The van der Waals surface area contributed by atoms with Gasteiger partial charge in [-0.25, -0.2) is 0 Å². The first-order valence-corrected chi connectivity index (χ1v) is 4.71. The van der Waals surface area contributed by atoms with E-state index in [9.17, 15) is 5.11 Å². The van der Waals surface area contributed by atoms with Gasteiger partial charge in [0.1, 0.15) is 0 Å². The quantitative estimate of drug-likeness (QED) is 0.725. The normalized spacial score (nSPS) is 12.7. The van der Waals surface area contributed by atoms with E-state index in [1.54, 1.807) is 19.2 Å². The van der Waals surface area contributed by atoms with E-state index in [0.29, 0.717) is 0 Å². The van der Waals surface area contributed by atoms with Crippen LogP contribution >= 0.6 is 0 Å². The summed E-state index contributed by atoms with van der Waals surface area (Å²) in [5.74, 6) is -0.160. The van der Waals surface area contributed by atoms with Crippen molar-refractivity contribution in [3.05, 3.63) is 23.8 Å². The molecular weight excluding hydrogens is 180 g/mol. The van der Waals surface area contributed by atoms with Gasteiger partial charge < -0.3 is 14.9 Å². The van der Waals surface area contributed by atoms with Crippen molar-refractivity contribution < 1.29 is 14.9 Å². The van der Waals surface area contributed by atoms with Gasteiger partial charge >= 0.3 is 0 Å². The molecule has 0 aliphatic heterocycles. The fraction of sp³-hybridized carbons (Fsp3) is 0.455. The number of ether oxygens (including phenoxy) is 1. The van der Waals surface area contributed by atoms with Crippen molar-refractivity contribution in [2.24, 2.45) is 0 Å². The summed E-state index contributed by atoms with van der Waals surface area (Å²) in [4.78, 5) is 0. The Bertz CT molecular complexity index is 293. The van der Waals surface area contributed by atoms with Gasteiger partial charge in [-0.05, 0) is 30.5 Å². The molecule has 0 fully saturated rings. The third-order valence-electron chi connectivity index (χ3n) is 2.29. The minimum absolute atomic E-state index is 0.0755. The largest absolute Gasteiger partial charge is 0.504 e. The number of aromatic hydroxyl groups is 2. The van der Waals surface area contributed by atoms with Gasteiger partial charge in [-0.1, -0.05) is 13.0 Å². The topological polar surface area (TPSA) is 49.7 Å². The fourth-order valence-electron chi connectivity index (χ4n) is 1.35. The molecule has 0 radical (unpaired) electrons. The molecule has 0 aliphatic rings. The molecule has 1 rings (SSSR count). The Kier molecular flexibility index (Phi) is 3.77. The Balaban J connectivity index is 2.72. The molecule has 0 saturated heterocycles. The van der Waals surface area contributed by atoms with Crippen molar-refractivity contribution in [2.45, 2.75) is 25.9 Å². The number of phenols is 2. The SMILES string of the molecule is CC[C@@H](Cc1ccc(O)c(O)c1)OC. The maximum Gasteiger partial charge on any atom is 0.157 e. The van der Waals surface area contributed by atoms with Crippen molar-refractivity contribution >= 4 is 0 Å². The van der Waals surface area contributed by atoms with Crippen LogP contribution in [0.2, 0.25) is 0 Å². The van der Waals surface area contributed by atoms with Crippen LogP contribution in [0, 0.1) is 0 Å². The van der Waals surface area contributed by atoms with E-state index < -0.39 is 0 Å². The summed E-state index contributed by atoms with van der Waals surface area (Å²) in [6, 6.07) is 4.85. The second kappa shape index (κ2) is 4.86. The van der Waals surface area contributed by atoms with Crippen LogP contribution in [-0.4, -0.2) is 23.4 Å². The molecule has 2 N–H and O–H groups in total. The summed E-state index contributed by atoms with van der Waals surface area (Å²) in [5.41, 5.74) is 0.967. The molecule has 0 spiro atoms. The highest BCUT2D eigenvalue weighted by Gasteiger charge is 2.07. The number of phenolic OH excluding ortho intramolecular Hbond substituents is 2. The minimum Gasteiger partial charge on any atom is -0.504 e. The zero-order valence-electron chi connectivity index (χ0n) is 8.53. The predicted octanol–water partition coefficient (Wildman–Crippen LogP) is 2.07. The predicted molar refractivity (Wildman–Crippen MR) is 54.6 cm³/mol. The van der Waals surface area contributed by atoms with Gasteiger partial charge in [0.15, 0.2) is 11.5 Å². The van der Waals surface area contributed by atoms with E-state index in [1.165, 1.54) is 6.07 Å². The molecule has 3 nitrogen and oxygen atoms in total. The molecule has 0 bridgehead atoms. The molecule has 0 aromatic heterocycles. The molecule has 78 valence electrons. The summed E-state index contributed by atoms with van der Waals surface area (Å²) < 4.78 is 5.23. The number of benzene rings is 1. The van der Waals surface area contributed by atoms with E-state index in [4.69, 9.17) is 9.84 Å². The van der Waals surface area contributed by atoms with Gasteiger partial charge in [0, 0.05) is 7.11 Å². The Labute approximate surface area is 84.0 Å². The van der Waals surface area contributed by atoms with Crippen molar-refractivity contribution in [3.8, 4) is 11.5 Å². The molecular formula is C11H16O3. The highest BCUT2D eigenvalue weighted by atomic mass is 16.5. The Hall–Kier alpha value is -1.22. The van der Waals surface area contributed by atoms with Gasteiger partial charge in [0.2, 0.25) is 0 Å². The van der Waals surface area contributed by atoms with Crippen molar-refractivity contribution in [1.29, 1.82) is 0 Å². The number of hydrogen-bond acceptors (Lipinski definition) is 3. The lowest BCUT2D eigenvalue weighted by Crippen LogP contribution is -2.12. The van der Waals surface area contributed by atoms with Crippen molar-refractivity contribution in [1.82, 2.24) is 0 Å². The molecule has 3 heteroatoms. The van der Waals surface area contributed by atoms with Gasteiger partial charge in [0.25, 0.3) is 0 Å². The Morgan fingerprint density at radius 1 is 1.29 bits per heavy atom. The summed E-state index contributed by atoms with van der Waals surface area (Å²) in [6.07, 6.45) is 1.85. The number of hydrogen-bond donors (Lipinski definition) is 2. The first-order valence-electron chi connectivity index (χ1n) is 4.71. The van der Waals surface area contributed by atoms with Gasteiger partial charge in [-0.3, -0.25) is 0 Å². The highest BCUT2D eigenvalue weighted by molar-refractivity contribution is 5.40. The van der Waals surface area contributed by atoms with Crippen LogP contribution in [0.25, 0.3) is 0 Å². The first-order chi connectivity index (χ1) is 6.67. The smallest absolute Gasteiger partial charge is 0.157 e. The first kappa shape index (κ1) is 10.9. The molecule has 0 unspecified atom stereocenters. The zero-order valence-corrected chi connectivity index (χ0v) is 8.53. The molecule has 1 aromatic carbocycles. The lowest BCUT2D eigenvalue weighted by Gasteiger charge is -2.12. The van der Waals surface area contributed by atoms with E-state index in [-0.39, 0.29) is 17.6 Å². The summed E-state index contributed by atoms with van der Waals surface area (Å²) in [7, 11) is 1.68. The van der Waals surface area contributed by atoms with Crippen LogP contribution in [0.5, 0.6) is 11.5 Å². The van der Waals surface area contributed by atoms with Crippen molar-refractivity contribution in [3.63, 3.8) is 0 Å². The molecule has 0 amide bonds. The molecule has 0 heterocycles. The summed E-state index contributed by atoms with van der Waals surface area (Å²) in [6.45, 7) is 2.05. The fourth-order valence-corrected chi connectivity index (χ4v) is 1.35. The highest BCUT2D eigenvalue weighted by Crippen LogP contribution is 2.25. The van der Waals surface area contributed by atoms with E-state index in [2.05, 4.69) is 6.92 Å². The third-order valence-corrected chi connectivity index (χ3v) is 2.29. The maximum atomic E-state index is 9.27. The number of methoxy groups -OCH3 is 1. The lowest BCUT2D eigenvalue weighted by atomic mass is 10.1. The van der Waals surface area contributed by atoms with Crippen LogP contribution < -0.4 is 0 Å². The van der Waals surface area contributed by atoms with Crippen LogP contribution in [0.4, 0.5) is 0 Å². The second-order valence-corrected chi connectivity index (χ2v) is 3.29. The van der Waals surface area contributed by atoms with Gasteiger partial charge in [0.05, 0.1) is 6.10 Å². The number of rotatable bonds is 4. The summed E-state index contributed by atoms with van der Waals surface area (Å²) in [5, 5.41) is 18.4. The van der Waals surface area contributed by atoms with E-state index in [0.717, 1.165) is 18.4 Å². The monoisotopic (exact) mass is 196 g/mol. The molecule has 14 heavy (non-hydrogen) atoms. The molecule has 0 aliphatic carbocycles. The summed E-state index contributed by atoms with van der Waals surface area (Å²) >= 11 is 0. The molecule has 1 aromatic rings. The minimum atomic E-state index is -0.0841. The third kappa shape index (κ3) is 2.64. The van der Waals surface area contributed by atoms with Gasteiger partial charge in [-0.15, -0.1) is 0 Å². The van der Waals surface area contributed by atoms with Gasteiger partial charge in [-0.2, -0.15) is 0 Å². The van der Waals surface area contributed by atoms with E-state index >= 15 is 0 Å². The average Bonchev–Trinajstić information content (AvgIpc) is 2.19. The standard InChI is InChI=1S/C11H16O3/c1-3-9(14-2)6-8-4-5-10(12)11(13)7-8/h4-5,7,9,12-13H,3,6H2,1-2H3/t9-/m0/s1. The van der Waals surface area contributed by atoms with E-state index in [1.807, 2.05) is 0 Å². The lowest BCUT2D eigenvalue weighted by molar-refractivity contribution is 0.0998. The van der Waals surface area contributed by atoms with Crippen LogP contribution in [0.15, 0.2) is 18.2 Å².